The highest BCUT2D eigenvalue weighted by Gasteiger charge is 2.36. The van der Waals surface area contributed by atoms with Gasteiger partial charge < -0.3 is 14.8 Å². The Hall–Kier alpha value is -2.89. The lowest BCUT2D eigenvalue weighted by Crippen LogP contribution is -2.49. The first kappa shape index (κ1) is 22.3. The van der Waals surface area contributed by atoms with Crippen molar-refractivity contribution >= 4 is 11.8 Å². The molecule has 1 aliphatic heterocycles. The Morgan fingerprint density at radius 1 is 1.12 bits per heavy atom. The molecule has 0 saturated heterocycles. The number of rotatable bonds is 6. The Bertz CT molecular complexity index is 1050. The molecule has 0 atom stereocenters. The summed E-state index contributed by atoms with van der Waals surface area (Å²) in [6, 6.07) is 10.0. The second-order valence-corrected chi connectivity index (χ2v) is 9.23. The maximum absolute atomic E-state index is 13.5. The van der Waals surface area contributed by atoms with Crippen LogP contribution in [0.5, 0.6) is 0 Å². The maximum Gasteiger partial charge on any atom is 0.263 e. The van der Waals surface area contributed by atoms with Crippen molar-refractivity contribution in [3.8, 4) is 0 Å². The number of nitrogens with zero attached hydrogens (tertiary/aromatic N) is 2. The Morgan fingerprint density at radius 2 is 1.84 bits per heavy atom. The Labute approximate surface area is 189 Å². The van der Waals surface area contributed by atoms with Crippen LogP contribution < -0.4 is 10.9 Å². The quantitative estimate of drug-likeness (QED) is 0.756. The first-order chi connectivity index (χ1) is 15.4. The zero-order chi connectivity index (χ0) is 22.7. The monoisotopic (exact) mass is 435 g/mol. The van der Waals surface area contributed by atoms with E-state index in [1.54, 1.807) is 16.4 Å². The van der Waals surface area contributed by atoms with Gasteiger partial charge in [0.1, 0.15) is 5.56 Å². The molecule has 4 rings (SSSR count). The molecule has 1 aromatic carbocycles. The minimum Gasteiger partial charge on any atom is -0.346 e. The number of amides is 2. The standard InChI is InChI=1S/C26H33N3O3/c1-3-26(13-7-8-14-26)27-24(31)23-22-12-16-28(19(2)30)17-21(22)18-29(25(23)32)15-11-20-9-5-4-6-10-20/h4-6,9-10,18H,3,7-8,11-17H2,1-2H3,(H,27,31). The molecule has 2 heterocycles. The van der Waals surface area contributed by atoms with Crippen LogP contribution in [0.15, 0.2) is 41.3 Å². The second kappa shape index (κ2) is 9.31. The molecular formula is C26H33N3O3. The summed E-state index contributed by atoms with van der Waals surface area (Å²) < 4.78 is 1.66. The Kier molecular flexibility index (Phi) is 6.49. The van der Waals surface area contributed by atoms with Gasteiger partial charge in [-0.2, -0.15) is 0 Å². The van der Waals surface area contributed by atoms with Crippen LogP contribution >= 0.6 is 0 Å². The average Bonchev–Trinajstić information content (AvgIpc) is 3.26. The third-order valence-corrected chi connectivity index (χ3v) is 7.24. The van der Waals surface area contributed by atoms with E-state index < -0.39 is 0 Å². The highest BCUT2D eigenvalue weighted by Crippen LogP contribution is 2.33. The molecule has 2 aliphatic rings. The Morgan fingerprint density at radius 3 is 2.50 bits per heavy atom. The molecule has 2 aromatic rings. The van der Waals surface area contributed by atoms with Gasteiger partial charge in [0.2, 0.25) is 5.91 Å². The predicted molar refractivity (Wildman–Crippen MR) is 125 cm³/mol. The topological polar surface area (TPSA) is 71.4 Å². The van der Waals surface area contributed by atoms with E-state index in [1.165, 1.54) is 0 Å². The fourth-order valence-electron chi connectivity index (χ4n) is 5.20. The lowest BCUT2D eigenvalue weighted by molar-refractivity contribution is -0.129. The van der Waals surface area contributed by atoms with E-state index in [0.717, 1.165) is 48.8 Å². The van der Waals surface area contributed by atoms with Crippen LogP contribution in [-0.2, 0) is 30.7 Å². The van der Waals surface area contributed by atoms with Crippen LogP contribution in [0.4, 0.5) is 0 Å². The molecule has 0 unspecified atom stereocenters. The van der Waals surface area contributed by atoms with Gasteiger partial charge in [-0.1, -0.05) is 50.1 Å². The number of aryl methyl sites for hydroxylation is 2. The van der Waals surface area contributed by atoms with E-state index >= 15 is 0 Å². The third kappa shape index (κ3) is 4.50. The highest BCUT2D eigenvalue weighted by atomic mass is 16.2. The third-order valence-electron chi connectivity index (χ3n) is 7.24. The van der Waals surface area contributed by atoms with Crippen LogP contribution in [0.25, 0.3) is 0 Å². The number of nitrogens with one attached hydrogen (secondary N) is 1. The molecule has 6 heteroatoms. The summed E-state index contributed by atoms with van der Waals surface area (Å²) in [5, 5.41) is 3.25. The largest absolute Gasteiger partial charge is 0.346 e. The first-order valence-electron chi connectivity index (χ1n) is 11.8. The van der Waals surface area contributed by atoms with Gasteiger partial charge >= 0.3 is 0 Å². The summed E-state index contributed by atoms with van der Waals surface area (Å²) >= 11 is 0. The minimum absolute atomic E-state index is 0.0135. The number of benzene rings is 1. The molecule has 1 aromatic heterocycles. The average molecular weight is 436 g/mol. The van der Waals surface area contributed by atoms with Crippen LogP contribution in [0, 0.1) is 0 Å². The summed E-state index contributed by atoms with van der Waals surface area (Å²) in [5.74, 6) is -0.236. The van der Waals surface area contributed by atoms with Crippen molar-refractivity contribution in [2.75, 3.05) is 6.54 Å². The predicted octanol–water partition coefficient (Wildman–Crippen LogP) is 3.45. The number of hydrogen-bond donors (Lipinski definition) is 1. The molecule has 1 fully saturated rings. The molecule has 0 spiro atoms. The van der Waals surface area contributed by atoms with Crippen molar-refractivity contribution in [2.24, 2.45) is 0 Å². The first-order valence-corrected chi connectivity index (χ1v) is 11.8. The fourth-order valence-corrected chi connectivity index (χ4v) is 5.20. The summed E-state index contributed by atoms with van der Waals surface area (Å²) in [4.78, 5) is 40.8. The number of aromatic nitrogens is 1. The minimum atomic E-state index is -0.250. The molecule has 2 amide bonds. The van der Waals surface area contributed by atoms with E-state index in [0.29, 0.717) is 32.5 Å². The molecule has 0 radical (unpaired) electrons. The van der Waals surface area contributed by atoms with Crippen molar-refractivity contribution in [1.82, 2.24) is 14.8 Å². The van der Waals surface area contributed by atoms with Crippen molar-refractivity contribution in [3.05, 3.63) is 69.1 Å². The van der Waals surface area contributed by atoms with E-state index in [-0.39, 0.29) is 28.5 Å². The summed E-state index contributed by atoms with van der Waals surface area (Å²) in [7, 11) is 0. The molecule has 6 nitrogen and oxygen atoms in total. The van der Waals surface area contributed by atoms with E-state index in [1.807, 2.05) is 36.5 Å². The van der Waals surface area contributed by atoms with Crippen LogP contribution in [0.1, 0.15) is 73.0 Å². The van der Waals surface area contributed by atoms with Gasteiger partial charge in [-0.05, 0) is 48.8 Å². The van der Waals surface area contributed by atoms with E-state index in [9.17, 15) is 14.4 Å². The summed E-state index contributed by atoms with van der Waals surface area (Å²) in [6.45, 7) is 5.14. The number of pyridine rings is 1. The van der Waals surface area contributed by atoms with Crippen LogP contribution in [0.2, 0.25) is 0 Å². The van der Waals surface area contributed by atoms with Gasteiger partial charge in [0.05, 0.1) is 0 Å². The molecule has 170 valence electrons. The normalized spacial score (nSPS) is 17.1. The smallest absolute Gasteiger partial charge is 0.263 e. The van der Waals surface area contributed by atoms with Gasteiger partial charge in [0, 0.05) is 38.3 Å². The van der Waals surface area contributed by atoms with Gasteiger partial charge in [-0.25, -0.2) is 0 Å². The van der Waals surface area contributed by atoms with Crippen molar-refractivity contribution in [1.29, 1.82) is 0 Å². The van der Waals surface area contributed by atoms with E-state index in [4.69, 9.17) is 0 Å². The SMILES string of the molecule is CCC1(NC(=O)c2c3c(cn(CCc4ccccc4)c2=O)CN(C(C)=O)CC3)CCCC1. The summed E-state index contributed by atoms with van der Waals surface area (Å²) in [5.41, 5.74) is 2.70. The lowest BCUT2D eigenvalue weighted by Gasteiger charge is -2.32. The molecule has 1 N–H and O–H groups in total. The van der Waals surface area contributed by atoms with Crippen molar-refractivity contribution in [2.45, 2.75) is 77.4 Å². The summed E-state index contributed by atoms with van der Waals surface area (Å²) in [6.07, 6.45) is 8.11. The molecule has 32 heavy (non-hydrogen) atoms. The number of carbonyl (C=O) groups excluding carboxylic acids is 2. The van der Waals surface area contributed by atoms with Gasteiger partial charge in [-0.3, -0.25) is 14.4 Å². The second-order valence-electron chi connectivity index (χ2n) is 9.23. The number of hydrogen-bond acceptors (Lipinski definition) is 3. The fraction of sp³-hybridized carbons (Fsp3) is 0.500. The number of carbonyl (C=O) groups is 2. The van der Waals surface area contributed by atoms with Crippen molar-refractivity contribution < 1.29 is 9.59 Å². The molecule has 0 bridgehead atoms. The number of fused-ring (bicyclic) bond motifs is 1. The molecular weight excluding hydrogens is 402 g/mol. The zero-order valence-electron chi connectivity index (χ0n) is 19.2. The maximum atomic E-state index is 13.5. The van der Waals surface area contributed by atoms with E-state index in [2.05, 4.69) is 12.2 Å². The van der Waals surface area contributed by atoms with Crippen molar-refractivity contribution in [3.63, 3.8) is 0 Å². The molecule has 1 saturated carbocycles. The highest BCUT2D eigenvalue weighted by molar-refractivity contribution is 5.96. The Balaban J connectivity index is 1.70. The van der Waals surface area contributed by atoms with Gasteiger partial charge in [0.25, 0.3) is 11.5 Å². The van der Waals surface area contributed by atoms with Gasteiger partial charge in [0.15, 0.2) is 0 Å². The van der Waals surface area contributed by atoms with Gasteiger partial charge in [-0.15, -0.1) is 0 Å². The van der Waals surface area contributed by atoms with Crippen LogP contribution in [-0.4, -0.2) is 33.4 Å². The zero-order valence-corrected chi connectivity index (χ0v) is 19.2. The van der Waals surface area contributed by atoms with Crippen LogP contribution in [0.3, 0.4) is 0 Å². The molecule has 1 aliphatic carbocycles. The lowest BCUT2D eigenvalue weighted by atomic mass is 9.91.